The molecular formula is C35H28N2O7S. The Morgan fingerprint density at radius 2 is 1.71 bits per heavy atom. The van der Waals surface area contributed by atoms with Crippen LogP contribution < -0.4 is 23.8 Å². The number of nitrogens with zero attached hydrogens (tertiary/aromatic N) is 2. The lowest BCUT2D eigenvalue weighted by Gasteiger charge is -2.24. The number of aromatic nitrogens is 1. The van der Waals surface area contributed by atoms with Gasteiger partial charge in [-0.15, -0.1) is 0 Å². The third-order valence-electron chi connectivity index (χ3n) is 7.55. The molecule has 0 spiro atoms. The van der Waals surface area contributed by atoms with Crippen molar-refractivity contribution in [2.75, 3.05) is 24.7 Å². The number of thiazole rings is 1. The molecule has 0 saturated carbocycles. The largest absolute Gasteiger partial charge is 0.507 e. The molecule has 2 aliphatic heterocycles. The van der Waals surface area contributed by atoms with Crippen LogP contribution in [0.3, 0.4) is 0 Å². The summed E-state index contributed by atoms with van der Waals surface area (Å²) >= 11 is 1.27. The van der Waals surface area contributed by atoms with E-state index in [0.717, 1.165) is 10.3 Å². The van der Waals surface area contributed by atoms with Crippen LogP contribution in [0.15, 0.2) is 96.6 Å². The van der Waals surface area contributed by atoms with Crippen molar-refractivity contribution in [1.82, 2.24) is 4.98 Å². The molecule has 1 unspecified atom stereocenters. The lowest BCUT2D eigenvalue weighted by Crippen LogP contribution is -2.29. The number of hydrogen-bond donors (Lipinski definition) is 1. The molecule has 0 radical (unpaired) electrons. The number of carbonyl (C=O) groups excluding carboxylic acids is 2. The van der Waals surface area contributed by atoms with Gasteiger partial charge in [-0.05, 0) is 66.6 Å². The van der Waals surface area contributed by atoms with E-state index in [2.05, 4.69) is 0 Å². The van der Waals surface area contributed by atoms with E-state index in [4.69, 9.17) is 23.9 Å². The van der Waals surface area contributed by atoms with E-state index in [1.54, 1.807) is 36.4 Å². The summed E-state index contributed by atoms with van der Waals surface area (Å²) < 4.78 is 23.9. The summed E-state index contributed by atoms with van der Waals surface area (Å²) in [5.41, 5.74) is 2.49. The minimum Gasteiger partial charge on any atom is -0.507 e. The Balaban J connectivity index is 1.34. The van der Waals surface area contributed by atoms with Crippen molar-refractivity contribution in [3.63, 3.8) is 0 Å². The maximum atomic E-state index is 13.8. The number of benzene rings is 4. The number of amides is 1. The molecule has 3 heterocycles. The molecule has 1 saturated heterocycles. The van der Waals surface area contributed by atoms with E-state index in [1.165, 1.54) is 16.2 Å². The summed E-state index contributed by atoms with van der Waals surface area (Å²) in [6.45, 7) is 3.53. The van der Waals surface area contributed by atoms with Crippen LogP contribution in [-0.4, -0.2) is 41.6 Å². The summed E-state index contributed by atoms with van der Waals surface area (Å²) in [6, 6.07) is 26.4. The number of hydrogen-bond acceptors (Lipinski definition) is 9. The summed E-state index contributed by atoms with van der Waals surface area (Å²) in [6.07, 6.45) is 0. The topological polar surface area (TPSA) is 107 Å². The van der Waals surface area contributed by atoms with Gasteiger partial charge in [0, 0.05) is 5.56 Å². The first-order valence-electron chi connectivity index (χ1n) is 14.5. The van der Waals surface area contributed by atoms with Crippen LogP contribution >= 0.6 is 11.3 Å². The van der Waals surface area contributed by atoms with Gasteiger partial charge in [-0.2, -0.15) is 0 Å². The molecule has 7 rings (SSSR count). The number of ether oxygens (including phenoxy) is 4. The zero-order valence-corrected chi connectivity index (χ0v) is 25.1. The Morgan fingerprint density at radius 1 is 0.911 bits per heavy atom. The van der Waals surface area contributed by atoms with E-state index < -0.39 is 17.7 Å². The molecule has 4 aromatic carbocycles. The fourth-order valence-corrected chi connectivity index (χ4v) is 6.48. The predicted octanol–water partition coefficient (Wildman–Crippen LogP) is 6.67. The van der Waals surface area contributed by atoms with Gasteiger partial charge in [0.25, 0.3) is 5.78 Å². The molecule has 1 amide bonds. The number of ketones is 1. The van der Waals surface area contributed by atoms with Gasteiger partial charge in [-0.1, -0.05) is 53.8 Å². The van der Waals surface area contributed by atoms with Gasteiger partial charge < -0.3 is 24.1 Å². The molecule has 0 aliphatic carbocycles. The number of aliphatic hydroxyl groups excluding tert-OH is 1. The quantitative estimate of drug-likeness (QED) is 0.116. The van der Waals surface area contributed by atoms with Gasteiger partial charge in [-0.25, -0.2) is 4.98 Å². The van der Waals surface area contributed by atoms with Gasteiger partial charge in [0.15, 0.2) is 16.6 Å². The Kier molecular flexibility index (Phi) is 7.56. The number of rotatable bonds is 8. The van der Waals surface area contributed by atoms with Crippen LogP contribution in [0.1, 0.15) is 29.7 Å². The Morgan fingerprint density at radius 3 is 2.53 bits per heavy atom. The number of aliphatic hydroxyl groups is 1. The van der Waals surface area contributed by atoms with E-state index >= 15 is 0 Å². The molecule has 5 aromatic rings. The molecule has 9 nitrogen and oxygen atoms in total. The van der Waals surface area contributed by atoms with Crippen LogP contribution in [0.5, 0.6) is 23.0 Å². The maximum Gasteiger partial charge on any atom is 0.301 e. The summed E-state index contributed by atoms with van der Waals surface area (Å²) in [7, 11) is 0. The minimum atomic E-state index is -0.981. The normalized spacial score (nSPS) is 17.1. The van der Waals surface area contributed by atoms with Gasteiger partial charge in [0.1, 0.15) is 37.1 Å². The first-order chi connectivity index (χ1) is 22.0. The van der Waals surface area contributed by atoms with E-state index in [1.807, 2.05) is 61.5 Å². The van der Waals surface area contributed by atoms with Crippen molar-refractivity contribution in [3.05, 3.63) is 113 Å². The van der Waals surface area contributed by atoms with Gasteiger partial charge in [0.05, 0.1) is 28.4 Å². The highest BCUT2D eigenvalue weighted by Crippen LogP contribution is 2.46. The van der Waals surface area contributed by atoms with Crippen molar-refractivity contribution in [2.45, 2.75) is 19.6 Å². The summed E-state index contributed by atoms with van der Waals surface area (Å²) in [4.78, 5) is 33.7. The van der Waals surface area contributed by atoms with Crippen LogP contribution in [0.25, 0.3) is 16.0 Å². The average Bonchev–Trinajstić information content (AvgIpc) is 3.61. The van der Waals surface area contributed by atoms with Crippen LogP contribution in [-0.2, 0) is 16.2 Å². The number of Topliss-reactive ketones (excluding diaryl/α,β-unsaturated/α-hetero) is 1. The standard InChI is InChI=1S/C35H28N2O7S/c1-2-41-25-12-13-26-29(19-25)45-35(36-26)37-31(22-9-6-10-24(17-22)44-20-21-7-4-3-5-8-21)30(33(39)34(37)40)32(38)23-11-14-27-28(18-23)43-16-15-42-27/h3-14,17-19,31,38H,2,15-16,20H2,1H3/b32-30-. The molecule has 45 heavy (non-hydrogen) atoms. The van der Waals surface area contributed by atoms with Crippen molar-refractivity contribution in [1.29, 1.82) is 0 Å². The van der Waals surface area contributed by atoms with E-state index in [9.17, 15) is 14.7 Å². The van der Waals surface area contributed by atoms with Gasteiger partial charge >= 0.3 is 5.91 Å². The molecular weight excluding hydrogens is 592 g/mol. The van der Waals surface area contributed by atoms with Gasteiger partial charge in [0.2, 0.25) is 0 Å². The second-order valence-corrected chi connectivity index (χ2v) is 11.4. The minimum absolute atomic E-state index is 0.0638. The molecule has 0 bridgehead atoms. The Labute approximate surface area is 262 Å². The summed E-state index contributed by atoms with van der Waals surface area (Å²) in [5, 5.41) is 12.0. The van der Waals surface area contributed by atoms with Crippen LogP contribution in [0.2, 0.25) is 0 Å². The zero-order chi connectivity index (χ0) is 30.9. The highest BCUT2D eigenvalue weighted by molar-refractivity contribution is 7.22. The number of anilines is 1. The fraction of sp³-hybridized carbons (Fsp3) is 0.171. The SMILES string of the molecule is CCOc1ccc2nc(N3C(=O)C(=O)/C(=C(\O)c4ccc5c(c4)OCCO5)C3c3cccc(OCc4ccccc4)c3)sc2c1. The smallest absolute Gasteiger partial charge is 0.301 e. The van der Waals surface area contributed by atoms with Crippen molar-refractivity contribution in [3.8, 4) is 23.0 Å². The second-order valence-electron chi connectivity index (χ2n) is 10.4. The number of carbonyl (C=O) groups is 2. The molecule has 226 valence electrons. The zero-order valence-electron chi connectivity index (χ0n) is 24.3. The maximum absolute atomic E-state index is 13.8. The molecule has 1 aromatic heterocycles. The highest BCUT2D eigenvalue weighted by atomic mass is 32.1. The van der Waals surface area contributed by atoms with E-state index in [-0.39, 0.29) is 11.3 Å². The molecule has 2 aliphatic rings. The van der Waals surface area contributed by atoms with Crippen molar-refractivity contribution >= 4 is 44.1 Å². The fourth-order valence-electron chi connectivity index (χ4n) is 5.46. The monoisotopic (exact) mass is 620 g/mol. The molecule has 10 heteroatoms. The van der Waals surface area contributed by atoms with Gasteiger partial charge in [-0.3, -0.25) is 14.5 Å². The third-order valence-corrected chi connectivity index (χ3v) is 8.57. The first-order valence-corrected chi connectivity index (χ1v) is 15.3. The second kappa shape index (κ2) is 12.0. The van der Waals surface area contributed by atoms with E-state index in [0.29, 0.717) is 71.2 Å². The van der Waals surface area contributed by atoms with Crippen molar-refractivity contribution in [2.24, 2.45) is 0 Å². The first kappa shape index (κ1) is 28.4. The summed E-state index contributed by atoms with van der Waals surface area (Å²) in [5.74, 6) is 0.277. The molecule has 1 atom stereocenters. The Hall–Kier alpha value is -5.35. The Bertz CT molecular complexity index is 1950. The lowest BCUT2D eigenvalue weighted by molar-refractivity contribution is -0.132. The highest BCUT2D eigenvalue weighted by Gasteiger charge is 2.48. The lowest BCUT2D eigenvalue weighted by atomic mass is 9.95. The molecule has 1 N–H and O–H groups in total. The predicted molar refractivity (Wildman–Crippen MR) is 170 cm³/mol. The molecule has 1 fully saturated rings. The third kappa shape index (κ3) is 5.44. The number of fused-ring (bicyclic) bond motifs is 2. The van der Waals surface area contributed by atoms with Crippen LogP contribution in [0, 0.1) is 0 Å². The average molecular weight is 621 g/mol. The van der Waals surface area contributed by atoms with Crippen molar-refractivity contribution < 1.29 is 33.6 Å². The van der Waals surface area contributed by atoms with Crippen LogP contribution in [0.4, 0.5) is 5.13 Å².